The van der Waals surface area contributed by atoms with E-state index >= 15 is 0 Å². The predicted molar refractivity (Wildman–Crippen MR) is 84.2 cm³/mol. The standard InChI is InChI=1S/C15H19Cl2NO2/c1-11(2)20-10-4-9-18-15(19)8-7-12-13(16)5-3-6-14(12)17/h3,5-8,11H,4,9-10H2,1-2H3,(H,18,19)/b8-7+. The average Bonchev–Trinajstić information content (AvgIpc) is 2.37. The van der Waals surface area contributed by atoms with Crippen molar-refractivity contribution in [2.45, 2.75) is 26.4 Å². The fraction of sp³-hybridized carbons (Fsp3) is 0.400. The van der Waals surface area contributed by atoms with Crippen molar-refractivity contribution in [2.75, 3.05) is 13.2 Å². The normalized spacial score (nSPS) is 11.2. The molecule has 1 N–H and O–H groups in total. The Hall–Kier alpha value is -1.03. The highest BCUT2D eigenvalue weighted by molar-refractivity contribution is 6.37. The van der Waals surface area contributed by atoms with E-state index in [9.17, 15) is 4.79 Å². The van der Waals surface area contributed by atoms with E-state index in [0.717, 1.165) is 6.42 Å². The van der Waals surface area contributed by atoms with Gasteiger partial charge in [-0.1, -0.05) is 29.3 Å². The van der Waals surface area contributed by atoms with Crippen molar-refractivity contribution in [3.8, 4) is 0 Å². The van der Waals surface area contributed by atoms with Crippen LogP contribution in [0.5, 0.6) is 0 Å². The highest BCUT2D eigenvalue weighted by atomic mass is 35.5. The van der Waals surface area contributed by atoms with Crippen molar-refractivity contribution in [1.82, 2.24) is 5.32 Å². The van der Waals surface area contributed by atoms with E-state index in [0.29, 0.717) is 28.8 Å². The molecule has 0 heterocycles. The first-order chi connectivity index (χ1) is 9.50. The summed E-state index contributed by atoms with van der Waals surface area (Å²) in [5.74, 6) is -0.175. The Morgan fingerprint density at radius 1 is 1.35 bits per heavy atom. The number of hydrogen-bond acceptors (Lipinski definition) is 2. The van der Waals surface area contributed by atoms with Gasteiger partial charge in [0.25, 0.3) is 0 Å². The van der Waals surface area contributed by atoms with Crippen LogP contribution in [0.4, 0.5) is 0 Å². The first-order valence-corrected chi connectivity index (χ1v) is 7.28. The fourth-order valence-electron chi connectivity index (χ4n) is 1.49. The summed E-state index contributed by atoms with van der Waals surface area (Å²) in [6, 6.07) is 5.22. The number of halogens is 2. The number of hydrogen-bond donors (Lipinski definition) is 1. The molecular formula is C15H19Cl2NO2. The SMILES string of the molecule is CC(C)OCCCNC(=O)/C=C/c1c(Cl)cccc1Cl. The molecule has 0 spiro atoms. The first kappa shape index (κ1) is 17.0. The third kappa shape index (κ3) is 6.42. The number of ether oxygens (including phenoxy) is 1. The quantitative estimate of drug-likeness (QED) is 0.611. The van der Waals surface area contributed by atoms with E-state index in [2.05, 4.69) is 5.32 Å². The molecule has 3 nitrogen and oxygen atoms in total. The fourth-order valence-corrected chi connectivity index (χ4v) is 2.01. The second-order valence-corrected chi connectivity index (χ2v) is 5.35. The molecule has 0 saturated heterocycles. The van der Waals surface area contributed by atoms with Gasteiger partial charge in [-0.05, 0) is 38.5 Å². The number of carbonyl (C=O) groups is 1. The van der Waals surface area contributed by atoms with Gasteiger partial charge in [0, 0.05) is 34.8 Å². The van der Waals surface area contributed by atoms with E-state index in [4.69, 9.17) is 27.9 Å². The van der Waals surface area contributed by atoms with Crippen LogP contribution in [0, 0.1) is 0 Å². The van der Waals surface area contributed by atoms with Gasteiger partial charge in [0.05, 0.1) is 6.10 Å². The minimum absolute atomic E-state index is 0.175. The van der Waals surface area contributed by atoms with Crippen molar-refractivity contribution < 1.29 is 9.53 Å². The molecule has 0 saturated carbocycles. The van der Waals surface area contributed by atoms with Gasteiger partial charge in [-0.3, -0.25) is 4.79 Å². The van der Waals surface area contributed by atoms with Crippen LogP contribution in [-0.2, 0) is 9.53 Å². The smallest absolute Gasteiger partial charge is 0.244 e. The number of benzene rings is 1. The zero-order valence-corrected chi connectivity index (χ0v) is 13.2. The largest absolute Gasteiger partial charge is 0.379 e. The van der Waals surface area contributed by atoms with Gasteiger partial charge in [0.15, 0.2) is 0 Å². The van der Waals surface area contributed by atoms with Crippen LogP contribution in [0.3, 0.4) is 0 Å². The molecule has 1 aromatic carbocycles. The maximum Gasteiger partial charge on any atom is 0.244 e. The number of carbonyl (C=O) groups excluding carboxylic acids is 1. The molecule has 0 atom stereocenters. The molecule has 0 aromatic heterocycles. The second-order valence-electron chi connectivity index (χ2n) is 4.53. The summed E-state index contributed by atoms with van der Waals surface area (Å²) in [4.78, 5) is 11.6. The molecule has 110 valence electrons. The van der Waals surface area contributed by atoms with Crippen molar-refractivity contribution >= 4 is 35.2 Å². The molecule has 0 aliphatic rings. The molecule has 1 rings (SSSR count). The Labute approximate surface area is 129 Å². The van der Waals surface area contributed by atoms with Crippen LogP contribution in [0.1, 0.15) is 25.8 Å². The predicted octanol–water partition coefficient (Wildman–Crippen LogP) is 3.94. The Balaban J connectivity index is 2.37. The number of rotatable bonds is 7. The van der Waals surface area contributed by atoms with Gasteiger partial charge in [-0.25, -0.2) is 0 Å². The van der Waals surface area contributed by atoms with Crippen molar-refractivity contribution in [2.24, 2.45) is 0 Å². The zero-order valence-electron chi connectivity index (χ0n) is 11.7. The van der Waals surface area contributed by atoms with Gasteiger partial charge in [-0.15, -0.1) is 0 Å². The summed E-state index contributed by atoms with van der Waals surface area (Å²) >= 11 is 12.0. The molecule has 1 aromatic rings. The Morgan fingerprint density at radius 2 is 2.00 bits per heavy atom. The van der Waals surface area contributed by atoms with Gasteiger partial charge >= 0.3 is 0 Å². The van der Waals surface area contributed by atoms with Gasteiger partial charge in [0.2, 0.25) is 5.91 Å². The van der Waals surface area contributed by atoms with Crippen LogP contribution < -0.4 is 5.32 Å². The Morgan fingerprint density at radius 3 is 2.60 bits per heavy atom. The molecule has 0 bridgehead atoms. The van der Waals surface area contributed by atoms with Gasteiger partial charge < -0.3 is 10.1 Å². The lowest BCUT2D eigenvalue weighted by Gasteiger charge is -2.07. The van der Waals surface area contributed by atoms with Crippen molar-refractivity contribution in [3.05, 3.63) is 39.9 Å². The van der Waals surface area contributed by atoms with E-state index in [-0.39, 0.29) is 12.0 Å². The lowest BCUT2D eigenvalue weighted by Crippen LogP contribution is -2.23. The van der Waals surface area contributed by atoms with Crippen LogP contribution in [0.15, 0.2) is 24.3 Å². The van der Waals surface area contributed by atoms with Crippen LogP contribution in [0.2, 0.25) is 10.0 Å². The molecular weight excluding hydrogens is 297 g/mol. The highest BCUT2D eigenvalue weighted by Gasteiger charge is 2.02. The Bertz CT molecular complexity index is 453. The zero-order chi connectivity index (χ0) is 15.0. The lowest BCUT2D eigenvalue weighted by molar-refractivity contribution is -0.116. The second kappa shape index (κ2) is 9.01. The van der Waals surface area contributed by atoms with Crippen LogP contribution >= 0.6 is 23.2 Å². The third-order valence-electron chi connectivity index (χ3n) is 2.47. The van der Waals surface area contributed by atoms with Crippen molar-refractivity contribution in [3.63, 3.8) is 0 Å². The topological polar surface area (TPSA) is 38.3 Å². The summed E-state index contributed by atoms with van der Waals surface area (Å²) in [7, 11) is 0. The minimum Gasteiger partial charge on any atom is -0.379 e. The average molecular weight is 316 g/mol. The van der Waals surface area contributed by atoms with Crippen LogP contribution in [0.25, 0.3) is 6.08 Å². The Kier molecular flexibility index (Phi) is 7.67. The minimum atomic E-state index is -0.175. The molecule has 1 amide bonds. The van der Waals surface area contributed by atoms with E-state index in [1.54, 1.807) is 24.3 Å². The molecule has 0 aliphatic carbocycles. The van der Waals surface area contributed by atoms with Crippen molar-refractivity contribution in [1.29, 1.82) is 0 Å². The summed E-state index contributed by atoms with van der Waals surface area (Å²) in [6.45, 7) is 5.17. The third-order valence-corrected chi connectivity index (χ3v) is 3.13. The van der Waals surface area contributed by atoms with Crippen LogP contribution in [-0.4, -0.2) is 25.2 Å². The lowest BCUT2D eigenvalue weighted by atomic mass is 10.2. The summed E-state index contributed by atoms with van der Waals surface area (Å²) in [5.41, 5.74) is 0.647. The summed E-state index contributed by atoms with van der Waals surface area (Å²) in [6.07, 6.45) is 4.04. The highest BCUT2D eigenvalue weighted by Crippen LogP contribution is 2.25. The maximum absolute atomic E-state index is 11.6. The van der Waals surface area contributed by atoms with Gasteiger partial charge in [-0.2, -0.15) is 0 Å². The summed E-state index contributed by atoms with van der Waals surface area (Å²) in [5, 5.41) is 3.81. The van der Waals surface area contributed by atoms with E-state index in [1.165, 1.54) is 6.08 Å². The molecule has 0 unspecified atom stereocenters. The first-order valence-electron chi connectivity index (χ1n) is 6.52. The molecule has 0 aliphatic heterocycles. The molecule has 20 heavy (non-hydrogen) atoms. The van der Waals surface area contributed by atoms with E-state index < -0.39 is 0 Å². The number of amides is 1. The molecule has 0 fully saturated rings. The summed E-state index contributed by atoms with van der Waals surface area (Å²) < 4.78 is 5.38. The van der Waals surface area contributed by atoms with Gasteiger partial charge in [0.1, 0.15) is 0 Å². The maximum atomic E-state index is 11.6. The monoisotopic (exact) mass is 315 g/mol. The van der Waals surface area contributed by atoms with E-state index in [1.807, 2.05) is 13.8 Å². The number of nitrogens with one attached hydrogen (secondary N) is 1. The molecule has 5 heteroatoms. The molecule has 0 radical (unpaired) electrons.